The molecule has 1 atom stereocenters. The Morgan fingerprint density at radius 1 is 1.39 bits per heavy atom. The van der Waals surface area contributed by atoms with Crippen LogP contribution in [-0.4, -0.2) is 37.8 Å². The van der Waals surface area contributed by atoms with Gasteiger partial charge in [0.1, 0.15) is 5.75 Å². The van der Waals surface area contributed by atoms with Crippen molar-refractivity contribution in [3.05, 3.63) is 29.3 Å². The van der Waals surface area contributed by atoms with Crippen LogP contribution in [0.4, 0.5) is 0 Å². The summed E-state index contributed by atoms with van der Waals surface area (Å²) in [7, 11) is -3.68. The predicted molar refractivity (Wildman–Crippen MR) is 68.2 cm³/mol. The van der Waals surface area contributed by atoms with E-state index in [2.05, 4.69) is 5.32 Å². The first-order chi connectivity index (χ1) is 8.31. The third-order valence-electron chi connectivity index (χ3n) is 2.09. The highest BCUT2D eigenvalue weighted by atomic mass is 35.5. The molecule has 0 fully saturated rings. The molecule has 0 aliphatic heterocycles. The van der Waals surface area contributed by atoms with Gasteiger partial charge in [0, 0.05) is 11.6 Å². The molecule has 1 aromatic rings. The van der Waals surface area contributed by atoms with Crippen molar-refractivity contribution in [1.29, 1.82) is 0 Å². The molecule has 0 spiro atoms. The molecule has 0 aromatic heterocycles. The van der Waals surface area contributed by atoms with Gasteiger partial charge in [-0.2, -0.15) is 0 Å². The van der Waals surface area contributed by atoms with Crippen LogP contribution in [0, 0.1) is 0 Å². The number of halogens is 1. The van der Waals surface area contributed by atoms with Crippen LogP contribution in [0.15, 0.2) is 29.2 Å². The normalized spacial score (nSPS) is 13.1. The zero-order valence-electron chi connectivity index (χ0n) is 9.76. The van der Waals surface area contributed by atoms with E-state index in [9.17, 15) is 13.2 Å². The molecule has 100 valence electrons. The Kier molecular flexibility index (Phi) is 5.13. The summed E-state index contributed by atoms with van der Waals surface area (Å²) < 4.78 is 23.7. The number of nitrogens with one attached hydrogen (secondary N) is 1. The predicted octanol–water partition coefficient (Wildman–Crippen LogP) is 0.611. The summed E-state index contributed by atoms with van der Waals surface area (Å²) in [5, 5.41) is 11.7. The van der Waals surface area contributed by atoms with Crippen molar-refractivity contribution < 1.29 is 18.3 Å². The van der Waals surface area contributed by atoms with Gasteiger partial charge >= 0.3 is 0 Å². The first kappa shape index (κ1) is 14.9. The minimum Gasteiger partial charge on any atom is -0.392 e. The van der Waals surface area contributed by atoms with Gasteiger partial charge in [-0.05, 0) is 31.2 Å². The molecule has 5 nitrogen and oxygen atoms in total. The van der Waals surface area contributed by atoms with Crippen molar-refractivity contribution >= 4 is 27.3 Å². The fraction of sp³-hybridized carbons (Fsp3) is 0.364. The number of benzene rings is 1. The van der Waals surface area contributed by atoms with Crippen LogP contribution in [0.25, 0.3) is 0 Å². The summed E-state index contributed by atoms with van der Waals surface area (Å²) in [6, 6.07) is 5.59. The molecule has 1 aromatic carbocycles. The lowest BCUT2D eigenvalue weighted by atomic mass is 10.4. The van der Waals surface area contributed by atoms with Gasteiger partial charge in [0.05, 0.1) is 11.0 Å². The topological polar surface area (TPSA) is 83.5 Å². The molecule has 1 rings (SSSR count). The molecular weight excluding hydrogens is 278 g/mol. The third kappa shape index (κ3) is 4.64. The van der Waals surface area contributed by atoms with Crippen LogP contribution in [0.1, 0.15) is 6.92 Å². The summed E-state index contributed by atoms with van der Waals surface area (Å²) in [6.07, 6.45) is -0.716. The van der Waals surface area contributed by atoms with Gasteiger partial charge in [-0.25, -0.2) is 8.42 Å². The Hall–Kier alpha value is -1.11. The first-order valence-electron chi connectivity index (χ1n) is 5.24. The average molecular weight is 292 g/mol. The molecule has 7 heteroatoms. The van der Waals surface area contributed by atoms with E-state index in [0.29, 0.717) is 5.02 Å². The average Bonchev–Trinajstić information content (AvgIpc) is 2.26. The van der Waals surface area contributed by atoms with Crippen molar-refractivity contribution in [1.82, 2.24) is 5.32 Å². The van der Waals surface area contributed by atoms with Gasteiger partial charge in [0.15, 0.2) is 9.84 Å². The second-order valence-corrected chi connectivity index (χ2v) is 6.29. The Labute approximate surface area is 111 Å². The van der Waals surface area contributed by atoms with Crippen molar-refractivity contribution in [3.63, 3.8) is 0 Å². The summed E-state index contributed by atoms with van der Waals surface area (Å²) in [5.74, 6) is -1.30. The van der Waals surface area contributed by atoms with Crippen molar-refractivity contribution in [3.8, 4) is 0 Å². The summed E-state index contributed by atoms with van der Waals surface area (Å²) in [4.78, 5) is 11.4. The van der Waals surface area contributed by atoms with Crippen LogP contribution in [0.5, 0.6) is 0 Å². The van der Waals surface area contributed by atoms with Crippen LogP contribution in [-0.2, 0) is 14.6 Å². The van der Waals surface area contributed by atoms with Crippen LogP contribution >= 0.6 is 11.6 Å². The largest absolute Gasteiger partial charge is 0.392 e. The van der Waals surface area contributed by atoms with E-state index in [0.717, 1.165) is 0 Å². The van der Waals surface area contributed by atoms with Crippen LogP contribution in [0.2, 0.25) is 5.02 Å². The highest BCUT2D eigenvalue weighted by molar-refractivity contribution is 7.92. The van der Waals surface area contributed by atoms with E-state index in [1.165, 1.54) is 31.2 Å². The lowest BCUT2D eigenvalue weighted by Crippen LogP contribution is -2.35. The van der Waals surface area contributed by atoms with E-state index in [1.54, 1.807) is 0 Å². The first-order valence-corrected chi connectivity index (χ1v) is 7.27. The lowest BCUT2D eigenvalue weighted by Gasteiger charge is -2.08. The molecule has 0 aliphatic carbocycles. The quantitative estimate of drug-likeness (QED) is 0.833. The van der Waals surface area contributed by atoms with Gasteiger partial charge in [0.25, 0.3) is 0 Å². The molecule has 0 saturated heterocycles. The molecule has 0 radical (unpaired) electrons. The number of hydrogen-bond donors (Lipinski definition) is 2. The highest BCUT2D eigenvalue weighted by Gasteiger charge is 2.19. The van der Waals surface area contributed by atoms with Gasteiger partial charge < -0.3 is 10.4 Å². The molecule has 1 unspecified atom stereocenters. The third-order valence-corrected chi connectivity index (χ3v) is 3.97. The zero-order valence-corrected chi connectivity index (χ0v) is 11.3. The number of carbonyl (C=O) groups is 1. The van der Waals surface area contributed by atoms with Crippen molar-refractivity contribution in [2.45, 2.75) is 17.9 Å². The van der Waals surface area contributed by atoms with Gasteiger partial charge in [-0.15, -0.1) is 0 Å². The number of rotatable bonds is 5. The fourth-order valence-corrected chi connectivity index (χ4v) is 2.50. The minimum absolute atomic E-state index is 0.0228. The van der Waals surface area contributed by atoms with Gasteiger partial charge in [0.2, 0.25) is 5.91 Å². The van der Waals surface area contributed by atoms with Crippen molar-refractivity contribution in [2.75, 3.05) is 12.3 Å². The number of sulfone groups is 1. The fourth-order valence-electron chi connectivity index (χ4n) is 1.21. The lowest BCUT2D eigenvalue weighted by molar-refractivity contribution is -0.119. The van der Waals surface area contributed by atoms with E-state index in [-0.39, 0.29) is 11.4 Å². The van der Waals surface area contributed by atoms with E-state index >= 15 is 0 Å². The number of carbonyl (C=O) groups excluding carboxylic acids is 1. The molecule has 2 N–H and O–H groups in total. The van der Waals surface area contributed by atoms with E-state index in [4.69, 9.17) is 16.7 Å². The molecular formula is C11H14ClNO4S. The molecule has 0 heterocycles. The summed E-state index contributed by atoms with van der Waals surface area (Å²) in [6.45, 7) is 1.52. The molecule has 18 heavy (non-hydrogen) atoms. The maximum Gasteiger partial charge on any atom is 0.235 e. The smallest absolute Gasteiger partial charge is 0.235 e. The molecule has 0 bridgehead atoms. The minimum atomic E-state index is -3.68. The summed E-state index contributed by atoms with van der Waals surface area (Å²) in [5.41, 5.74) is 0. The number of hydrogen-bond acceptors (Lipinski definition) is 4. The maximum absolute atomic E-state index is 11.8. The Morgan fingerprint density at radius 2 is 1.94 bits per heavy atom. The Bertz CT molecular complexity index is 510. The van der Waals surface area contributed by atoms with Crippen LogP contribution < -0.4 is 5.32 Å². The number of aliphatic hydroxyl groups is 1. The van der Waals surface area contributed by atoms with Crippen molar-refractivity contribution in [2.24, 2.45) is 0 Å². The molecule has 0 aliphatic rings. The summed E-state index contributed by atoms with van der Waals surface area (Å²) >= 11 is 5.65. The second kappa shape index (κ2) is 6.17. The Balaban J connectivity index is 2.70. The zero-order chi connectivity index (χ0) is 13.8. The monoisotopic (exact) mass is 291 g/mol. The van der Waals surface area contributed by atoms with Gasteiger partial charge in [-0.1, -0.05) is 11.6 Å². The highest BCUT2D eigenvalue weighted by Crippen LogP contribution is 2.15. The second-order valence-electron chi connectivity index (χ2n) is 3.87. The molecule has 1 amide bonds. The Morgan fingerprint density at radius 3 is 2.44 bits per heavy atom. The van der Waals surface area contributed by atoms with E-state index < -0.39 is 27.6 Å². The van der Waals surface area contributed by atoms with Crippen LogP contribution in [0.3, 0.4) is 0 Å². The molecule has 0 saturated carbocycles. The maximum atomic E-state index is 11.8. The number of amides is 1. The SMILES string of the molecule is CC(O)CNC(=O)CS(=O)(=O)c1ccc(Cl)cc1. The van der Waals surface area contributed by atoms with Gasteiger partial charge in [-0.3, -0.25) is 4.79 Å². The van der Waals surface area contributed by atoms with E-state index in [1.807, 2.05) is 0 Å². The number of aliphatic hydroxyl groups excluding tert-OH is 1. The standard InChI is InChI=1S/C11H14ClNO4S/c1-8(14)6-13-11(15)7-18(16,17)10-4-2-9(12)3-5-10/h2-5,8,14H,6-7H2,1H3,(H,13,15).